The van der Waals surface area contributed by atoms with Gasteiger partial charge in [-0.3, -0.25) is 4.79 Å². The molecule has 10 heteroatoms. The molecule has 1 fully saturated rings. The van der Waals surface area contributed by atoms with Crippen molar-refractivity contribution in [2.75, 3.05) is 23.3 Å². The molecule has 3 heterocycles. The molecule has 0 atom stereocenters. The topological polar surface area (TPSA) is 63.1 Å². The summed E-state index contributed by atoms with van der Waals surface area (Å²) in [6.45, 7) is 3.36. The highest BCUT2D eigenvalue weighted by Gasteiger charge is 2.33. The Labute approximate surface area is 208 Å². The number of anilines is 2. The minimum absolute atomic E-state index is 0. The molecule has 4 rings (SSSR count). The zero-order valence-corrected chi connectivity index (χ0v) is 20.4. The zero-order chi connectivity index (χ0) is 26.0. The van der Waals surface area contributed by atoms with Crippen LogP contribution in [0.2, 0.25) is 0 Å². The van der Waals surface area contributed by atoms with E-state index in [2.05, 4.69) is 15.4 Å². The number of rotatable bonds is 6. The quantitative estimate of drug-likeness (QED) is 0.370. The van der Waals surface area contributed by atoms with Crippen LogP contribution in [0.15, 0.2) is 42.9 Å². The maximum atomic E-state index is 14.0. The van der Waals surface area contributed by atoms with Crippen LogP contribution in [0.25, 0.3) is 11.1 Å². The second-order valence-corrected chi connectivity index (χ2v) is 9.41. The first kappa shape index (κ1) is 25.7. The van der Waals surface area contributed by atoms with Crippen molar-refractivity contribution in [1.29, 1.82) is 0 Å². The fourth-order valence-electron chi connectivity index (χ4n) is 4.42. The molecule has 0 radical (unpaired) electrons. The maximum absolute atomic E-state index is 14.0. The van der Waals surface area contributed by atoms with Gasteiger partial charge in [0.2, 0.25) is 5.92 Å². The number of hydrogen-bond donors (Lipinski definition) is 1. The van der Waals surface area contributed by atoms with Gasteiger partial charge >= 0.3 is 6.55 Å². The summed E-state index contributed by atoms with van der Waals surface area (Å²) in [6, 6.07) is 7.48. The maximum Gasteiger partial charge on any atom is 0.333 e. The number of amides is 1. The largest absolute Gasteiger partial charge is 0.356 e. The second-order valence-electron chi connectivity index (χ2n) is 9.41. The smallest absolute Gasteiger partial charge is 0.333 e. The number of alkyl halides is 4. The molecule has 1 N–H and O–H groups in total. The van der Waals surface area contributed by atoms with Gasteiger partial charge in [0.1, 0.15) is 5.82 Å². The van der Waals surface area contributed by atoms with Gasteiger partial charge in [-0.1, -0.05) is 26.0 Å². The van der Waals surface area contributed by atoms with E-state index in [4.69, 9.17) is 0 Å². The predicted molar refractivity (Wildman–Crippen MR) is 133 cm³/mol. The monoisotopic (exact) mass is 505 g/mol. The molecule has 0 bridgehead atoms. The standard InChI is InChI=1S/C26H29F4N5O.H2/c1-16(2)18-6-4-7-20(12-18)33-24(36)22-17(3)21(19-13-32-35(15-19)25(27)28)14-31-23(22)34-10-5-8-26(29,30)9-11-34;/h4,6-7,12-16,25H,5,8-11H2,1-3H3,(H,33,36);1H. The highest BCUT2D eigenvalue weighted by molar-refractivity contribution is 6.09. The molecule has 3 aromatic rings. The first-order chi connectivity index (χ1) is 17.1. The molecule has 1 amide bonds. The Morgan fingerprint density at radius 2 is 1.94 bits per heavy atom. The van der Waals surface area contributed by atoms with Crippen molar-refractivity contribution in [3.63, 3.8) is 0 Å². The summed E-state index contributed by atoms with van der Waals surface area (Å²) >= 11 is 0. The summed E-state index contributed by atoms with van der Waals surface area (Å²) in [6.07, 6.45) is 3.65. The number of pyridine rings is 1. The highest BCUT2D eigenvalue weighted by atomic mass is 19.3. The van der Waals surface area contributed by atoms with E-state index >= 15 is 0 Å². The van der Waals surface area contributed by atoms with E-state index in [1.165, 1.54) is 18.6 Å². The molecule has 0 aliphatic carbocycles. The molecule has 2 aromatic heterocycles. The molecule has 0 saturated carbocycles. The minimum atomic E-state index is -2.80. The Kier molecular flexibility index (Phi) is 7.33. The van der Waals surface area contributed by atoms with Gasteiger partial charge in [-0.25, -0.2) is 18.4 Å². The zero-order valence-electron chi connectivity index (χ0n) is 20.4. The third-order valence-electron chi connectivity index (χ3n) is 6.49. The lowest BCUT2D eigenvalue weighted by Crippen LogP contribution is -2.30. The predicted octanol–water partition coefficient (Wildman–Crippen LogP) is 6.90. The Morgan fingerprint density at radius 3 is 2.64 bits per heavy atom. The first-order valence-electron chi connectivity index (χ1n) is 11.9. The number of carbonyl (C=O) groups is 1. The molecule has 6 nitrogen and oxygen atoms in total. The van der Waals surface area contributed by atoms with E-state index in [1.807, 2.05) is 32.0 Å². The van der Waals surface area contributed by atoms with E-state index in [0.29, 0.717) is 39.4 Å². The van der Waals surface area contributed by atoms with Crippen LogP contribution in [0.1, 0.15) is 68.5 Å². The van der Waals surface area contributed by atoms with Gasteiger partial charge in [0, 0.05) is 56.6 Å². The van der Waals surface area contributed by atoms with Crippen LogP contribution in [0.4, 0.5) is 29.1 Å². The number of nitrogens with zero attached hydrogens (tertiary/aromatic N) is 4. The van der Waals surface area contributed by atoms with Crippen LogP contribution in [0.5, 0.6) is 0 Å². The number of benzene rings is 1. The van der Waals surface area contributed by atoms with E-state index < -0.39 is 18.4 Å². The molecule has 1 aliphatic rings. The van der Waals surface area contributed by atoms with E-state index in [0.717, 1.165) is 5.56 Å². The van der Waals surface area contributed by atoms with Crippen molar-refractivity contribution < 1.29 is 23.8 Å². The van der Waals surface area contributed by atoms with Crippen LogP contribution in [-0.4, -0.2) is 39.7 Å². The SMILES string of the molecule is Cc1c(-c2cnn(C(F)F)c2)cnc(N2CCCC(F)(F)CC2)c1C(=O)Nc1cccc(C(C)C)c1.[HH]. The number of hydrogen-bond acceptors (Lipinski definition) is 4. The third-order valence-corrected chi connectivity index (χ3v) is 6.49. The summed E-state index contributed by atoms with van der Waals surface area (Å²) in [5, 5.41) is 6.60. The minimum Gasteiger partial charge on any atom is -0.356 e. The van der Waals surface area contributed by atoms with E-state index in [-0.39, 0.29) is 38.7 Å². The number of aromatic nitrogens is 3. The lowest BCUT2D eigenvalue weighted by molar-refractivity contribution is -0.0102. The Balaban J connectivity index is 0.00000380. The van der Waals surface area contributed by atoms with Gasteiger partial charge in [-0.15, -0.1) is 0 Å². The summed E-state index contributed by atoms with van der Waals surface area (Å²) in [4.78, 5) is 19.8. The molecule has 0 unspecified atom stereocenters. The lowest BCUT2D eigenvalue weighted by Gasteiger charge is -2.26. The average Bonchev–Trinajstić information content (AvgIpc) is 3.24. The normalized spacial score (nSPS) is 15.9. The summed E-state index contributed by atoms with van der Waals surface area (Å²) in [5.74, 6) is -2.66. The van der Waals surface area contributed by atoms with Gasteiger partial charge in [-0.05, 0) is 42.5 Å². The molecule has 1 aliphatic heterocycles. The van der Waals surface area contributed by atoms with Gasteiger partial charge in [0.25, 0.3) is 5.91 Å². The molecule has 1 aromatic carbocycles. The van der Waals surface area contributed by atoms with Crippen molar-refractivity contribution in [2.24, 2.45) is 0 Å². The number of halogens is 4. The second kappa shape index (κ2) is 10.3. The van der Waals surface area contributed by atoms with E-state index in [9.17, 15) is 22.4 Å². The molecule has 0 spiro atoms. The average molecular weight is 506 g/mol. The molecular formula is C26H31F4N5O. The highest BCUT2D eigenvalue weighted by Crippen LogP contribution is 2.35. The summed E-state index contributed by atoms with van der Waals surface area (Å²) < 4.78 is 54.8. The van der Waals surface area contributed by atoms with Crippen LogP contribution >= 0.6 is 0 Å². The molecule has 36 heavy (non-hydrogen) atoms. The van der Waals surface area contributed by atoms with E-state index in [1.54, 1.807) is 17.9 Å². The fourth-order valence-corrected chi connectivity index (χ4v) is 4.42. The summed E-state index contributed by atoms with van der Waals surface area (Å²) in [5.41, 5.74) is 3.21. The third kappa shape index (κ3) is 5.52. The van der Waals surface area contributed by atoms with Crippen LogP contribution < -0.4 is 10.2 Å². The van der Waals surface area contributed by atoms with Gasteiger partial charge in [0.05, 0.1) is 11.8 Å². The molecular weight excluding hydrogens is 474 g/mol. The Hall–Kier alpha value is -3.43. The van der Waals surface area contributed by atoms with Gasteiger partial charge in [0.15, 0.2) is 0 Å². The first-order valence-corrected chi connectivity index (χ1v) is 11.9. The summed E-state index contributed by atoms with van der Waals surface area (Å²) in [7, 11) is 0. The Bertz CT molecular complexity index is 1250. The number of carbonyl (C=O) groups excluding carboxylic acids is 1. The van der Waals surface area contributed by atoms with Gasteiger partial charge in [-0.2, -0.15) is 13.9 Å². The van der Waals surface area contributed by atoms with Crippen LogP contribution in [0, 0.1) is 6.92 Å². The van der Waals surface area contributed by atoms with Crippen LogP contribution in [0.3, 0.4) is 0 Å². The Morgan fingerprint density at radius 1 is 1.17 bits per heavy atom. The number of nitrogens with one attached hydrogen (secondary N) is 1. The van der Waals surface area contributed by atoms with Crippen molar-refractivity contribution in [2.45, 2.75) is 58.4 Å². The molecule has 1 saturated heterocycles. The van der Waals surface area contributed by atoms with Crippen molar-refractivity contribution >= 4 is 17.4 Å². The fraction of sp³-hybridized carbons (Fsp3) is 0.423. The van der Waals surface area contributed by atoms with Gasteiger partial charge < -0.3 is 10.2 Å². The van der Waals surface area contributed by atoms with Crippen molar-refractivity contribution in [3.8, 4) is 11.1 Å². The van der Waals surface area contributed by atoms with Crippen molar-refractivity contribution in [1.82, 2.24) is 14.8 Å². The van der Waals surface area contributed by atoms with Crippen LogP contribution in [-0.2, 0) is 0 Å². The molecule has 194 valence electrons. The lowest BCUT2D eigenvalue weighted by atomic mass is 9.99. The van der Waals surface area contributed by atoms with Crippen molar-refractivity contribution in [3.05, 3.63) is 59.5 Å².